The van der Waals surface area contributed by atoms with Crippen LogP contribution in [0.2, 0.25) is 5.02 Å². The van der Waals surface area contributed by atoms with Gasteiger partial charge in [-0.15, -0.1) is 0 Å². The average molecular weight is 436 g/mol. The van der Waals surface area contributed by atoms with Crippen molar-refractivity contribution in [3.63, 3.8) is 0 Å². The van der Waals surface area contributed by atoms with Crippen LogP contribution < -0.4 is 4.90 Å². The molecule has 4 nitrogen and oxygen atoms in total. The van der Waals surface area contributed by atoms with Crippen LogP contribution in [0, 0.1) is 28.1 Å². The molecule has 3 atom stereocenters. The van der Waals surface area contributed by atoms with E-state index in [4.69, 9.17) is 11.6 Å². The van der Waals surface area contributed by atoms with Crippen LogP contribution in [0.3, 0.4) is 0 Å². The van der Waals surface area contributed by atoms with E-state index in [0.29, 0.717) is 10.6 Å². The van der Waals surface area contributed by atoms with Gasteiger partial charge < -0.3 is 4.90 Å². The molecule has 0 spiro atoms. The number of nitriles is 2. The molecule has 0 saturated carbocycles. The molecule has 0 amide bonds. The summed E-state index contributed by atoms with van der Waals surface area (Å²) in [6, 6.07) is 27.3. The van der Waals surface area contributed by atoms with Crippen molar-refractivity contribution in [2.45, 2.75) is 18.0 Å². The maximum Gasteiger partial charge on any atom is 0.185 e. The van der Waals surface area contributed by atoms with Gasteiger partial charge in [-0.05, 0) is 29.3 Å². The summed E-state index contributed by atoms with van der Waals surface area (Å²) in [5, 5.41) is 21.3. The fraction of sp³-hybridized carbons (Fsp3) is 0.148. The number of Topliss-reactive ketones (excluding diaryl/α,β-unsaturated/α-hetero) is 1. The van der Waals surface area contributed by atoms with E-state index in [-0.39, 0.29) is 5.78 Å². The van der Waals surface area contributed by atoms with E-state index < -0.39 is 23.4 Å². The fourth-order valence-electron chi connectivity index (χ4n) is 5.05. The maximum absolute atomic E-state index is 14.0. The van der Waals surface area contributed by atoms with E-state index >= 15 is 0 Å². The second-order valence-corrected chi connectivity index (χ2v) is 8.50. The largest absolute Gasteiger partial charge is 0.351 e. The Morgan fingerprint density at radius 1 is 0.906 bits per heavy atom. The molecule has 0 aromatic heterocycles. The maximum atomic E-state index is 14.0. The summed E-state index contributed by atoms with van der Waals surface area (Å²) in [7, 11) is 0. The topological polar surface area (TPSA) is 67.9 Å². The summed E-state index contributed by atoms with van der Waals surface area (Å²) in [5.74, 6) is -0.781. The fourth-order valence-corrected chi connectivity index (χ4v) is 5.18. The third-order valence-electron chi connectivity index (χ3n) is 6.47. The van der Waals surface area contributed by atoms with E-state index in [9.17, 15) is 15.3 Å². The lowest BCUT2D eigenvalue weighted by molar-refractivity contribution is 0.0951. The zero-order chi connectivity index (χ0) is 22.3. The van der Waals surface area contributed by atoms with Gasteiger partial charge in [-0.1, -0.05) is 84.4 Å². The van der Waals surface area contributed by atoms with Crippen molar-refractivity contribution in [2.75, 3.05) is 4.90 Å². The Hall–Kier alpha value is -3.86. The van der Waals surface area contributed by atoms with E-state index in [0.717, 1.165) is 16.8 Å². The number of benzene rings is 3. The molecular formula is C27H18ClN3O. The Kier molecular flexibility index (Phi) is 4.82. The number of halogens is 1. The van der Waals surface area contributed by atoms with Crippen molar-refractivity contribution in [1.82, 2.24) is 0 Å². The van der Waals surface area contributed by atoms with E-state index in [2.05, 4.69) is 12.1 Å². The molecule has 2 aliphatic rings. The third-order valence-corrected chi connectivity index (χ3v) is 6.72. The number of rotatable bonds is 3. The Bertz CT molecular complexity index is 1290. The van der Waals surface area contributed by atoms with Crippen LogP contribution in [-0.2, 0) is 0 Å². The van der Waals surface area contributed by atoms with Gasteiger partial charge in [0.1, 0.15) is 6.04 Å². The lowest BCUT2D eigenvalue weighted by atomic mass is 9.69. The van der Waals surface area contributed by atoms with Crippen molar-refractivity contribution in [2.24, 2.45) is 5.41 Å². The molecule has 1 fully saturated rings. The van der Waals surface area contributed by atoms with Crippen LogP contribution in [0.5, 0.6) is 0 Å². The normalized spacial score (nSPS) is 22.3. The van der Waals surface area contributed by atoms with Crippen LogP contribution in [0.25, 0.3) is 6.08 Å². The van der Waals surface area contributed by atoms with Crippen molar-refractivity contribution < 1.29 is 4.79 Å². The molecular weight excluding hydrogens is 418 g/mol. The number of fused-ring (bicyclic) bond motifs is 3. The first kappa shape index (κ1) is 20.1. The summed E-state index contributed by atoms with van der Waals surface area (Å²) in [4.78, 5) is 15.9. The number of anilines is 1. The van der Waals surface area contributed by atoms with Crippen molar-refractivity contribution in [1.29, 1.82) is 10.5 Å². The van der Waals surface area contributed by atoms with Crippen LogP contribution in [0.1, 0.15) is 27.4 Å². The van der Waals surface area contributed by atoms with Gasteiger partial charge in [-0.25, -0.2) is 0 Å². The Morgan fingerprint density at radius 2 is 1.56 bits per heavy atom. The highest BCUT2D eigenvalue weighted by atomic mass is 35.5. The number of hydrogen-bond acceptors (Lipinski definition) is 4. The SMILES string of the molecule is N#CC1(C#N)[C@H](c2ccc(Cl)cc2)[C@@H](C(=O)c2ccccc2)N2c3ccccc3C=C[C@H]21. The molecule has 0 unspecified atom stereocenters. The van der Waals surface area contributed by atoms with Gasteiger partial charge in [-0.3, -0.25) is 4.79 Å². The molecule has 154 valence electrons. The first-order chi connectivity index (χ1) is 15.6. The summed E-state index contributed by atoms with van der Waals surface area (Å²) in [5.41, 5.74) is 1.64. The first-order valence-corrected chi connectivity index (χ1v) is 10.7. The van der Waals surface area contributed by atoms with Crippen molar-refractivity contribution >= 4 is 29.1 Å². The molecule has 1 saturated heterocycles. The van der Waals surface area contributed by atoms with Gasteiger partial charge in [0, 0.05) is 22.2 Å². The summed E-state index contributed by atoms with van der Waals surface area (Å²) >= 11 is 6.12. The smallest absolute Gasteiger partial charge is 0.185 e. The predicted octanol–water partition coefficient (Wildman–Crippen LogP) is 5.62. The molecule has 2 heterocycles. The zero-order valence-electron chi connectivity index (χ0n) is 17.0. The molecule has 2 aliphatic heterocycles. The standard InChI is InChI=1S/C27H18ClN3O/c28-21-13-10-19(11-14-21)24-25(26(32)20-7-2-1-3-8-20)31-22-9-5-4-6-18(22)12-15-23(31)27(24,16-29)17-30/h1-15,23-25H/t23-,24+,25-/m0/s1. The van der Waals surface area contributed by atoms with Crippen LogP contribution in [-0.4, -0.2) is 17.9 Å². The van der Waals surface area contributed by atoms with Gasteiger partial charge in [0.25, 0.3) is 0 Å². The van der Waals surface area contributed by atoms with Gasteiger partial charge in [0.2, 0.25) is 0 Å². The highest BCUT2D eigenvalue weighted by Gasteiger charge is 2.63. The average Bonchev–Trinajstić information content (AvgIpc) is 3.15. The van der Waals surface area contributed by atoms with Crippen molar-refractivity contribution in [3.8, 4) is 12.1 Å². The Morgan fingerprint density at radius 3 is 2.25 bits per heavy atom. The van der Waals surface area contributed by atoms with E-state index in [1.54, 1.807) is 24.3 Å². The van der Waals surface area contributed by atoms with Gasteiger partial charge in [0.15, 0.2) is 11.2 Å². The van der Waals surface area contributed by atoms with Crippen LogP contribution in [0.4, 0.5) is 5.69 Å². The second-order valence-electron chi connectivity index (χ2n) is 8.07. The minimum absolute atomic E-state index is 0.118. The molecule has 0 aliphatic carbocycles. The monoisotopic (exact) mass is 435 g/mol. The lowest BCUT2D eigenvalue weighted by Gasteiger charge is -2.35. The lowest BCUT2D eigenvalue weighted by Crippen LogP contribution is -2.44. The molecule has 3 aromatic carbocycles. The van der Waals surface area contributed by atoms with Crippen molar-refractivity contribution in [3.05, 3.63) is 107 Å². The molecule has 32 heavy (non-hydrogen) atoms. The third kappa shape index (κ3) is 2.85. The van der Waals surface area contributed by atoms with E-state index in [1.807, 2.05) is 71.6 Å². The number of para-hydroxylation sites is 1. The summed E-state index contributed by atoms with van der Waals surface area (Å²) < 4.78 is 0. The number of carbonyl (C=O) groups is 1. The number of ketones is 1. The minimum atomic E-state index is -1.45. The zero-order valence-corrected chi connectivity index (χ0v) is 17.8. The quantitative estimate of drug-likeness (QED) is 0.500. The molecule has 0 bridgehead atoms. The van der Waals surface area contributed by atoms with E-state index in [1.165, 1.54) is 0 Å². The number of nitrogens with zero attached hydrogens (tertiary/aromatic N) is 3. The highest BCUT2D eigenvalue weighted by molar-refractivity contribution is 6.30. The van der Waals surface area contributed by atoms with Gasteiger partial charge in [0.05, 0.1) is 18.2 Å². The Balaban J connectivity index is 1.79. The predicted molar refractivity (Wildman–Crippen MR) is 124 cm³/mol. The van der Waals surface area contributed by atoms with Gasteiger partial charge in [-0.2, -0.15) is 10.5 Å². The summed E-state index contributed by atoms with van der Waals surface area (Å²) in [6.45, 7) is 0. The summed E-state index contributed by atoms with van der Waals surface area (Å²) in [6.07, 6.45) is 3.82. The number of carbonyl (C=O) groups excluding carboxylic acids is 1. The number of hydrogen-bond donors (Lipinski definition) is 0. The first-order valence-electron chi connectivity index (χ1n) is 10.3. The van der Waals surface area contributed by atoms with Gasteiger partial charge >= 0.3 is 0 Å². The minimum Gasteiger partial charge on any atom is -0.351 e. The molecule has 5 rings (SSSR count). The Labute approximate surface area is 191 Å². The highest BCUT2D eigenvalue weighted by Crippen LogP contribution is 2.55. The molecule has 0 radical (unpaired) electrons. The molecule has 5 heteroatoms. The van der Waals surface area contributed by atoms with Crippen LogP contribution >= 0.6 is 11.6 Å². The molecule has 0 N–H and O–H groups in total. The molecule has 3 aromatic rings. The second kappa shape index (κ2) is 7.68. The van der Waals surface area contributed by atoms with Crippen LogP contribution in [0.15, 0.2) is 84.9 Å².